The SMILES string of the molecule is CC(C)(C)c1ccc(C(=O)Nc2ccc(C#N)c(Cl)c2)cc1. The van der Waals surface area contributed by atoms with Gasteiger partial charge in [0.1, 0.15) is 6.07 Å². The third kappa shape index (κ3) is 3.66. The highest BCUT2D eigenvalue weighted by Gasteiger charge is 2.14. The van der Waals surface area contributed by atoms with Crippen LogP contribution in [-0.4, -0.2) is 5.91 Å². The van der Waals surface area contributed by atoms with Crippen LogP contribution in [0.2, 0.25) is 5.02 Å². The van der Waals surface area contributed by atoms with E-state index in [4.69, 9.17) is 16.9 Å². The van der Waals surface area contributed by atoms with Crippen LogP contribution < -0.4 is 5.32 Å². The second-order valence-electron chi connectivity index (χ2n) is 6.09. The summed E-state index contributed by atoms with van der Waals surface area (Å²) < 4.78 is 0. The summed E-state index contributed by atoms with van der Waals surface area (Å²) in [7, 11) is 0. The topological polar surface area (TPSA) is 52.9 Å². The third-order valence-corrected chi connectivity index (χ3v) is 3.67. The van der Waals surface area contributed by atoms with Gasteiger partial charge >= 0.3 is 0 Å². The minimum atomic E-state index is -0.207. The summed E-state index contributed by atoms with van der Waals surface area (Å²) in [6, 6.07) is 14.3. The summed E-state index contributed by atoms with van der Waals surface area (Å²) >= 11 is 5.96. The predicted molar refractivity (Wildman–Crippen MR) is 89.3 cm³/mol. The van der Waals surface area contributed by atoms with Crippen molar-refractivity contribution >= 4 is 23.2 Å². The van der Waals surface area contributed by atoms with Crippen molar-refractivity contribution in [2.45, 2.75) is 26.2 Å². The lowest BCUT2D eigenvalue weighted by molar-refractivity contribution is 0.102. The van der Waals surface area contributed by atoms with Gasteiger partial charge in [0.15, 0.2) is 0 Å². The molecule has 3 nitrogen and oxygen atoms in total. The molecule has 0 unspecified atom stereocenters. The lowest BCUT2D eigenvalue weighted by atomic mass is 9.87. The van der Waals surface area contributed by atoms with E-state index in [0.717, 1.165) is 0 Å². The number of amides is 1. The highest BCUT2D eigenvalue weighted by molar-refractivity contribution is 6.32. The van der Waals surface area contributed by atoms with E-state index >= 15 is 0 Å². The van der Waals surface area contributed by atoms with Crippen LogP contribution in [0.1, 0.15) is 42.3 Å². The number of nitrogens with zero attached hydrogens (tertiary/aromatic N) is 1. The highest BCUT2D eigenvalue weighted by atomic mass is 35.5. The molecule has 0 spiro atoms. The maximum atomic E-state index is 12.2. The van der Waals surface area contributed by atoms with E-state index < -0.39 is 0 Å². The summed E-state index contributed by atoms with van der Waals surface area (Å²) in [5, 5.41) is 11.9. The Morgan fingerprint density at radius 3 is 2.27 bits per heavy atom. The molecule has 4 heteroatoms. The van der Waals surface area contributed by atoms with Crippen LogP contribution in [0, 0.1) is 11.3 Å². The zero-order valence-corrected chi connectivity index (χ0v) is 13.5. The van der Waals surface area contributed by atoms with Gasteiger partial charge in [-0.1, -0.05) is 44.5 Å². The van der Waals surface area contributed by atoms with Gasteiger partial charge in [-0.05, 0) is 41.3 Å². The average molecular weight is 313 g/mol. The summed E-state index contributed by atoms with van der Waals surface area (Å²) in [6.45, 7) is 6.38. The number of nitriles is 1. The Kier molecular flexibility index (Phi) is 4.54. The first kappa shape index (κ1) is 16.1. The van der Waals surface area contributed by atoms with E-state index in [1.54, 1.807) is 30.3 Å². The minimum Gasteiger partial charge on any atom is -0.322 e. The van der Waals surface area contributed by atoms with Crippen LogP contribution in [0.25, 0.3) is 0 Å². The summed E-state index contributed by atoms with van der Waals surface area (Å²) in [5.74, 6) is -0.207. The van der Waals surface area contributed by atoms with E-state index in [1.165, 1.54) is 5.56 Å². The number of benzene rings is 2. The zero-order valence-electron chi connectivity index (χ0n) is 12.8. The number of carbonyl (C=O) groups excluding carboxylic acids is 1. The van der Waals surface area contributed by atoms with Gasteiger partial charge in [0.25, 0.3) is 5.91 Å². The van der Waals surface area contributed by atoms with Gasteiger partial charge in [-0.25, -0.2) is 0 Å². The van der Waals surface area contributed by atoms with Crippen LogP contribution in [0.5, 0.6) is 0 Å². The van der Waals surface area contributed by atoms with E-state index in [1.807, 2.05) is 18.2 Å². The lowest BCUT2D eigenvalue weighted by Gasteiger charge is -2.19. The fraction of sp³-hybridized carbons (Fsp3) is 0.222. The summed E-state index contributed by atoms with van der Waals surface area (Å²) in [4.78, 5) is 12.2. The van der Waals surface area contributed by atoms with Crippen molar-refractivity contribution in [2.75, 3.05) is 5.32 Å². The van der Waals surface area contributed by atoms with Gasteiger partial charge < -0.3 is 5.32 Å². The highest BCUT2D eigenvalue weighted by Crippen LogP contribution is 2.23. The zero-order chi connectivity index (χ0) is 16.3. The van der Waals surface area contributed by atoms with E-state index in [0.29, 0.717) is 21.8 Å². The fourth-order valence-electron chi connectivity index (χ4n) is 2.01. The quantitative estimate of drug-likeness (QED) is 0.869. The van der Waals surface area contributed by atoms with Crippen LogP contribution in [-0.2, 0) is 5.41 Å². The Balaban J connectivity index is 2.16. The standard InChI is InChI=1S/C18H17ClN2O/c1-18(2,3)14-7-4-12(5-8-14)17(22)21-15-9-6-13(11-20)16(19)10-15/h4-10H,1-3H3,(H,21,22). The van der Waals surface area contributed by atoms with Crippen LogP contribution in [0.15, 0.2) is 42.5 Å². The maximum absolute atomic E-state index is 12.2. The molecule has 1 amide bonds. The number of anilines is 1. The van der Waals surface area contributed by atoms with E-state index in [2.05, 4.69) is 26.1 Å². The molecule has 0 heterocycles. The van der Waals surface area contributed by atoms with Crippen LogP contribution >= 0.6 is 11.6 Å². The van der Waals surface area contributed by atoms with Crippen molar-refractivity contribution in [3.63, 3.8) is 0 Å². The van der Waals surface area contributed by atoms with Crippen LogP contribution in [0.4, 0.5) is 5.69 Å². The fourth-order valence-corrected chi connectivity index (χ4v) is 2.23. The molecule has 2 aromatic rings. The molecule has 0 aliphatic heterocycles. The summed E-state index contributed by atoms with van der Waals surface area (Å²) in [5.41, 5.74) is 2.75. The van der Waals surface area contributed by atoms with Gasteiger partial charge in [-0.2, -0.15) is 5.26 Å². The molecule has 112 valence electrons. The molecule has 22 heavy (non-hydrogen) atoms. The van der Waals surface area contributed by atoms with Crippen molar-refractivity contribution in [3.05, 3.63) is 64.2 Å². The number of nitrogens with one attached hydrogen (secondary N) is 1. The number of hydrogen-bond donors (Lipinski definition) is 1. The second-order valence-corrected chi connectivity index (χ2v) is 6.50. The Morgan fingerprint density at radius 2 is 1.77 bits per heavy atom. The maximum Gasteiger partial charge on any atom is 0.255 e. The first-order valence-corrected chi connectivity index (χ1v) is 7.30. The van der Waals surface area contributed by atoms with Gasteiger partial charge in [-0.3, -0.25) is 4.79 Å². The number of rotatable bonds is 2. The van der Waals surface area contributed by atoms with Crippen molar-refractivity contribution in [1.29, 1.82) is 5.26 Å². The molecule has 0 radical (unpaired) electrons. The molecule has 0 fully saturated rings. The van der Waals surface area contributed by atoms with Crippen molar-refractivity contribution in [1.82, 2.24) is 0 Å². The molecule has 0 aromatic heterocycles. The first-order valence-electron chi connectivity index (χ1n) is 6.93. The van der Waals surface area contributed by atoms with Gasteiger partial charge in [0.2, 0.25) is 0 Å². The Hall–Kier alpha value is -2.31. The van der Waals surface area contributed by atoms with Gasteiger partial charge in [0.05, 0.1) is 10.6 Å². The second kappa shape index (κ2) is 6.21. The molecular weight excluding hydrogens is 296 g/mol. The molecule has 2 rings (SSSR count). The van der Waals surface area contributed by atoms with Gasteiger partial charge in [0, 0.05) is 11.3 Å². The summed E-state index contributed by atoms with van der Waals surface area (Å²) in [6.07, 6.45) is 0. The molecule has 2 aromatic carbocycles. The van der Waals surface area contributed by atoms with E-state index in [9.17, 15) is 4.79 Å². The molecule has 0 aliphatic rings. The molecule has 0 bridgehead atoms. The Bertz CT molecular complexity index is 737. The van der Waals surface area contributed by atoms with Crippen molar-refractivity contribution in [3.8, 4) is 6.07 Å². The molecule has 1 N–H and O–H groups in total. The normalized spacial score (nSPS) is 10.9. The Morgan fingerprint density at radius 1 is 1.14 bits per heavy atom. The molecular formula is C18H17ClN2O. The smallest absolute Gasteiger partial charge is 0.255 e. The lowest BCUT2D eigenvalue weighted by Crippen LogP contribution is -2.14. The molecule has 0 saturated heterocycles. The monoisotopic (exact) mass is 312 g/mol. The van der Waals surface area contributed by atoms with Crippen molar-refractivity contribution in [2.24, 2.45) is 0 Å². The minimum absolute atomic E-state index is 0.0512. The molecule has 0 atom stereocenters. The van der Waals surface area contributed by atoms with Crippen molar-refractivity contribution < 1.29 is 4.79 Å². The average Bonchev–Trinajstić information content (AvgIpc) is 2.46. The van der Waals surface area contributed by atoms with Crippen LogP contribution in [0.3, 0.4) is 0 Å². The first-order chi connectivity index (χ1) is 10.3. The number of halogens is 1. The van der Waals surface area contributed by atoms with E-state index in [-0.39, 0.29) is 11.3 Å². The largest absolute Gasteiger partial charge is 0.322 e. The third-order valence-electron chi connectivity index (χ3n) is 3.36. The molecule has 0 aliphatic carbocycles. The number of hydrogen-bond acceptors (Lipinski definition) is 2. The number of carbonyl (C=O) groups is 1. The van der Waals surface area contributed by atoms with Gasteiger partial charge in [-0.15, -0.1) is 0 Å². The molecule has 0 saturated carbocycles. The predicted octanol–water partition coefficient (Wildman–Crippen LogP) is 4.76. The Labute approximate surface area is 135 Å².